The fraction of sp³-hybridized carbons (Fsp3) is 0.278. The van der Waals surface area contributed by atoms with Crippen LogP contribution in [-0.4, -0.2) is 39.3 Å². The first-order valence-electron chi connectivity index (χ1n) is 8.26. The average molecular weight is 320 g/mol. The van der Waals surface area contributed by atoms with Gasteiger partial charge in [-0.3, -0.25) is 10.1 Å². The smallest absolute Gasteiger partial charge is 0.147 e. The van der Waals surface area contributed by atoms with Crippen molar-refractivity contribution < 1.29 is 0 Å². The van der Waals surface area contributed by atoms with E-state index in [0.717, 1.165) is 48.7 Å². The van der Waals surface area contributed by atoms with Crippen molar-refractivity contribution in [3.8, 4) is 11.3 Å². The highest BCUT2D eigenvalue weighted by Gasteiger charge is 2.20. The maximum Gasteiger partial charge on any atom is 0.147 e. The van der Waals surface area contributed by atoms with Crippen molar-refractivity contribution >= 4 is 11.5 Å². The van der Waals surface area contributed by atoms with Crippen molar-refractivity contribution in [3.05, 3.63) is 55.1 Å². The molecule has 1 aliphatic heterocycles. The SMILES string of the molecule is c1cc(NC2CCN(c3cnccn3)CC2)cc(-c2ccn[nH]2)c1. The second-order valence-electron chi connectivity index (χ2n) is 6.02. The molecule has 0 radical (unpaired) electrons. The number of nitrogens with one attached hydrogen (secondary N) is 2. The molecule has 1 saturated heterocycles. The molecule has 4 rings (SSSR count). The van der Waals surface area contributed by atoms with Gasteiger partial charge >= 0.3 is 0 Å². The van der Waals surface area contributed by atoms with Gasteiger partial charge in [0.2, 0.25) is 0 Å². The molecular weight excluding hydrogens is 300 g/mol. The van der Waals surface area contributed by atoms with Gasteiger partial charge in [-0.15, -0.1) is 0 Å². The van der Waals surface area contributed by atoms with Crippen LogP contribution >= 0.6 is 0 Å². The molecule has 0 spiro atoms. The Morgan fingerprint density at radius 1 is 1.08 bits per heavy atom. The number of anilines is 2. The van der Waals surface area contributed by atoms with E-state index in [1.165, 1.54) is 0 Å². The summed E-state index contributed by atoms with van der Waals surface area (Å²) >= 11 is 0. The number of benzene rings is 1. The van der Waals surface area contributed by atoms with Crippen LogP contribution in [-0.2, 0) is 0 Å². The van der Waals surface area contributed by atoms with E-state index in [-0.39, 0.29) is 0 Å². The van der Waals surface area contributed by atoms with Crippen LogP contribution in [0.15, 0.2) is 55.1 Å². The molecule has 3 heterocycles. The van der Waals surface area contributed by atoms with Gasteiger partial charge in [0.15, 0.2) is 0 Å². The lowest BCUT2D eigenvalue weighted by molar-refractivity contribution is 0.523. The van der Waals surface area contributed by atoms with E-state index in [1.54, 1.807) is 18.6 Å². The van der Waals surface area contributed by atoms with Gasteiger partial charge in [-0.25, -0.2) is 4.98 Å². The number of rotatable bonds is 4. The van der Waals surface area contributed by atoms with Gasteiger partial charge in [0.25, 0.3) is 0 Å². The highest BCUT2D eigenvalue weighted by atomic mass is 15.2. The predicted octanol–water partition coefficient (Wildman–Crippen LogP) is 2.95. The number of nitrogens with zero attached hydrogens (tertiary/aromatic N) is 4. The van der Waals surface area contributed by atoms with Crippen molar-refractivity contribution in [1.29, 1.82) is 0 Å². The second-order valence-corrected chi connectivity index (χ2v) is 6.02. The highest BCUT2D eigenvalue weighted by molar-refractivity contribution is 5.64. The molecule has 0 unspecified atom stereocenters. The Morgan fingerprint density at radius 3 is 2.75 bits per heavy atom. The summed E-state index contributed by atoms with van der Waals surface area (Å²) in [6.07, 6.45) is 9.25. The van der Waals surface area contributed by atoms with Crippen LogP contribution in [0.1, 0.15) is 12.8 Å². The van der Waals surface area contributed by atoms with Crippen LogP contribution < -0.4 is 10.2 Å². The Bertz CT molecular complexity index is 763. The van der Waals surface area contributed by atoms with Gasteiger partial charge in [0, 0.05) is 49.0 Å². The molecule has 0 aliphatic carbocycles. The summed E-state index contributed by atoms with van der Waals surface area (Å²) in [5.41, 5.74) is 3.34. The summed E-state index contributed by atoms with van der Waals surface area (Å²) < 4.78 is 0. The Balaban J connectivity index is 1.38. The van der Waals surface area contributed by atoms with Gasteiger partial charge in [-0.05, 0) is 31.0 Å². The number of piperidine rings is 1. The summed E-state index contributed by atoms with van der Waals surface area (Å²) in [5, 5.41) is 10.7. The van der Waals surface area contributed by atoms with Gasteiger partial charge in [-0.2, -0.15) is 5.10 Å². The van der Waals surface area contributed by atoms with E-state index in [2.05, 4.69) is 54.6 Å². The zero-order valence-corrected chi connectivity index (χ0v) is 13.4. The number of hydrogen-bond acceptors (Lipinski definition) is 5. The van der Waals surface area contributed by atoms with E-state index >= 15 is 0 Å². The Kier molecular flexibility index (Phi) is 4.10. The highest BCUT2D eigenvalue weighted by Crippen LogP contribution is 2.23. The molecule has 3 aromatic rings. The van der Waals surface area contributed by atoms with E-state index in [9.17, 15) is 0 Å². The Labute approximate surface area is 141 Å². The molecule has 0 atom stereocenters. The number of aromatic nitrogens is 4. The Morgan fingerprint density at radius 2 is 2.00 bits per heavy atom. The van der Waals surface area contributed by atoms with Crippen molar-refractivity contribution in [2.24, 2.45) is 0 Å². The summed E-state index contributed by atoms with van der Waals surface area (Å²) in [6.45, 7) is 1.99. The standard InChI is InChI=1S/C18H20N6/c1-2-14(17-4-7-21-23-17)12-16(3-1)22-15-5-10-24(11-6-15)18-13-19-8-9-20-18/h1-4,7-9,12-13,15,22H,5-6,10-11H2,(H,21,23). The van der Waals surface area contributed by atoms with Crippen LogP contribution in [0.3, 0.4) is 0 Å². The normalized spacial score (nSPS) is 15.4. The fourth-order valence-electron chi connectivity index (χ4n) is 3.14. The van der Waals surface area contributed by atoms with Crippen LogP contribution in [0, 0.1) is 0 Å². The monoisotopic (exact) mass is 320 g/mol. The maximum absolute atomic E-state index is 4.39. The van der Waals surface area contributed by atoms with Crippen LogP contribution in [0.5, 0.6) is 0 Å². The number of hydrogen-bond donors (Lipinski definition) is 2. The van der Waals surface area contributed by atoms with Gasteiger partial charge in [-0.1, -0.05) is 12.1 Å². The van der Waals surface area contributed by atoms with E-state index < -0.39 is 0 Å². The quantitative estimate of drug-likeness (QED) is 0.773. The van der Waals surface area contributed by atoms with Crippen molar-refractivity contribution in [2.75, 3.05) is 23.3 Å². The molecule has 2 N–H and O–H groups in total. The average Bonchev–Trinajstić information content (AvgIpc) is 3.18. The van der Waals surface area contributed by atoms with Crippen LogP contribution in [0.25, 0.3) is 11.3 Å². The molecule has 24 heavy (non-hydrogen) atoms. The van der Waals surface area contributed by atoms with Crippen LogP contribution in [0.4, 0.5) is 11.5 Å². The third-order valence-corrected chi connectivity index (χ3v) is 4.41. The molecule has 0 bridgehead atoms. The topological polar surface area (TPSA) is 69.7 Å². The summed E-state index contributed by atoms with van der Waals surface area (Å²) in [5.74, 6) is 0.970. The molecule has 1 fully saturated rings. The third-order valence-electron chi connectivity index (χ3n) is 4.41. The van der Waals surface area contributed by atoms with Crippen molar-refractivity contribution in [2.45, 2.75) is 18.9 Å². The molecule has 6 nitrogen and oxygen atoms in total. The van der Waals surface area contributed by atoms with E-state index in [1.807, 2.05) is 12.3 Å². The molecular formula is C18H20N6. The summed E-state index contributed by atoms with van der Waals surface area (Å²) in [7, 11) is 0. The molecule has 1 aliphatic rings. The maximum atomic E-state index is 4.39. The largest absolute Gasteiger partial charge is 0.382 e. The lowest BCUT2D eigenvalue weighted by Crippen LogP contribution is -2.39. The predicted molar refractivity (Wildman–Crippen MR) is 94.9 cm³/mol. The minimum absolute atomic E-state index is 0.481. The van der Waals surface area contributed by atoms with E-state index in [4.69, 9.17) is 0 Å². The van der Waals surface area contributed by atoms with Crippen LogP contribution in [0.2, 0.25) is 0 Å². The van der Waals surface area contributed by atoms with Gasteiger partial charge < -0.3 is 10.2 Å². The first-order valence-corrected chi connectivity index (χ1v) is 8.26. The summed E-state index contributed by atoms with van der Waals surface area (Å²) in [6, 6.07) is 10.9. The molecule has 0 amide bonds. The zero-order valence-electron chi connectivity index (χ0n) is 13.4. The Hall–Kier alpha value is -2.89. The number of aromatic amines is 1. The molecule has 0 saturated carbocycles. The van der Waals surface area contributed by atoms with Gasteiger partial charge in [0.1, 0.15) is 5.82 Å². The molecule has 122 valence electrons. The third kappa shape index (κ3) is 3.22. The van der Waals surface area contributed by atoms with Gasteiger partial charge in [0.05, 0.1) is 11.9 Å². The lowest BCUT2D eigenvalue weighted by atomic mass is 10.0. The summed E-state index contributed by atoms with van der Waals surface area (Å²) in [4.78, 5) is 10.8. The molecule has 6 heteroatoms. The zero-order chi connectivity index (χ0) is 16.2. The first-order chi connectivity index (χ1) is 11.9. The number of H-pyrrole nitrogens is 1. The molecule has 2 aromatic heterocycles. The first kappa shape index (κ1) is 14.7. The van der Waals surface area contributed by atoms with Crippen molar-refractivity contribution in [1.82, 2.24) is 20.2 Å². The van der Waals surface area contributed by atoms with Crippen molar-refractivity contribution in [3.63, 3.8) is 0 Å². The lowest BCUT2D eigenvalue weighted by Gasteiger charge is -2.33. The minimum Gasteiger partial charge on any atom is -0.382 e. The molecule has 1 aromatic carbocycles. The van der Waals surface area contributed by atoms with E-state index in [0.29, 0.717) is 6.04 Å². The second kappa shape index (κ2) is 6.70. The minimum atomic E-state index is 0.481. The fourth-order valence-corrected chi connectivity index (χ4v) is 3.14.